The van der Waals surface area contributed by atoms with Crippen molar-refractivity contribution < 1.29 is 9.90 Å². The third kappa shape index (κ3) is 4.32. The average Bonchev–Trinajstić information content (AvgIpc) is 2.74. The molecular formula is C25H31N3O2. The van der Waals surface area contributed by atoms with E-state index in [1.165, 1.54) is 11.1 Å². The number of amides is 1. The van der Waals surface area contributed by atoms with Gasteiger partial charge >= 0.3 is 0 Å². The Morgan fingerprint density at radius 2 is 1.87 bits per heavy atom. The molecule has 2 aliphatic rings. The van der Waals surface area contributed by atoms with Gasteiger partial charge in [0.25, 0.3) is 0 Å². The minimum absolute atomic E-state index is 0.137. The van der Waals surface area contributed by atoms with Crippen LogP contribution >= 0.6 is 0 Å². The van der Waals surface area contributed by atoms with Crippen molar-refractivity contribution in [3.8, 4) is 0 Å². The molecule has 0 radical (unpaired) electrons. The van der Waals surface area contributed by atoms with E-state index in [1.807, 2.05) is 30.0 Å². The van der Waals surface area contributed by atoms with Gasteiger partial charge in [0.2, 0.25) is 5.91 Å². The Balaban J connectivity index is 1.52. The summed E-state index contributed by atoms with van der Waals surface area (Å²) in [5, 5.41) is 10.1. The van der Waals surface area contributed by atoms with Crippen molar-refractivity contribution in [3.63, 3.8) is 0 Å². The van der Waals surface area contributed by atoms with Crippen molar-refractivity contribution in [2.45, 2.75) is 44.2 Å². The summed E-state index contributed by atoms with van der Waals surface area (Å²) in [7, 11) is 0. The van der Waals surface area contributed by atoms with Crippen LogP contribution in [0.5, 0.6) is 0 Å². The summed E-state index contributed by atoms with van der Waals surface area (Å²) in [6.45, 7) is 4.70. The fourth-order valence-electron chi connectivity index (χ4n) is 4.98. The number of carbonyl (C=O) groups excluding carboxylic acids is 1. The second-order valence-electron chi connectivity index (χ2n) is 8.33. The monoisotopic (exact) mass is 405 g/mol. The lowest BCUT2D eigenvalue weighted by atomic mass is 9.74. The Morgan fingerprint density at radius 3 is 2.57 bits per heavy atom. The topological polar surface area (TPSA) is 56.7 Å². The molecule has 2 fully saturated rings. The maximum atomic E-state index is 13.0. The quantitative estimate of drug-likeness (QED) is 0.831. The number of benzene rings is 1. The Morgan fingerprint density at radius 1 is 1.13 bits per heavy atom. The van der Waals surface area contributed by atoms with Crippen molar-refractivity contribution in [2.75, 3.05) is 26.2 Å². The van der Waals surface area contributed by atoms with Crippen molar-refractivity contribution in [1.29, 1.82) is 0 Å². The molecule has 2 aromatic rings. The van der Waals surface area contributed by atoms with Crippen LogP contribution in [0.3, 0.4) is 0 Å². The first-order valence-corrected chi connectivity index (χ1v) is 11.0. The molecule has 158 valence electrons. The van der Waals surface area contributed by atoms with Crippen LogP contribution in [0.1, 0.15) is 42.4 Å². The molecule has 0 bridgehead atoms. The highest BCUT2D eigenvalue weighted by Gasteiger charge is 2.49. The number of rotatable bonds is 5. The molecule has 30 heavy (non-hydrogen) atoms. The number of carbonyl (C=O) groups is 1. The molecule has 4 rings (SSSR count). The molecule has 0 unspecified atom stereocenters. The second kappa shape index (κ2) is 9.54. The van der Waals surface area contributed by atoms with Gasteiger partial charge in [0, 0.05) is 43.5 Å². The Labute approximate surface area is 179 Å². The Hall–Kier alpha value is -2.50. The summed E-state index contributed by atoms with van der Waals surface area (Å²) >= 11 is 0. The molecule has 1 amide bonds. The highest BCUT2D eigenvalue weighted by atomic mass is 16.3. The molecule has 5 nitrogen and oxygen atoms in total. The lowest BCUT2D eigenvalue weighted by Crippen LogP contribution is -2.68. The minimum Gasteiger partial charge on any atom is -0.395 e. The van der Waals surface area contributed by atoms with Gasteiger partial charge in [0.15, 0.2) is 0 Å². The predicted molar refractivity (Wildman–Crippen MR) is 119 cm³/mol. The van der Waals surface area contributed by atoms with Gasteiger partial charge in [-0.3, -0.25) is 14.7 Å². The van der Waals surface area contributed by atoms with Crippen LogP contribution in [0.25, 0.3) is 6.08 Å². The van der Waals surface area contributed by atoms with Gasteiger partial charge in [-0.25, -0.2) is 0 Å². The van der Waals surface area contributed by atoms with Crippen molar-refractivity contribution in [2.24, 2.45) is 0 Å². The maximum Gasteiger partial charge on any atom is 0.227 e. The van der Waals surface area contributed by atoms with Crippen molar-refractivity contribution >= 4 is 12.0 Å². The molecule has 2 aliphatic heterocycles. The number of aliphatic hydroxyl groups excluding tert-OH is 1. The number of hydrogen-bond donors (Lipinski definition) is 1. The fraction of sp³-hybridized carbons (Fsp3) is 0.440. The van der Waals surface area contributed by atoms with Gasteiger partial charge in [-0.1, -0.05) is 36.4 Å². The van der Waals surface area contributed by atoms with Crippen LogP contribution in [0, 0.1) is 0 Å². The average molecular weight is 406 g/mol. The molecule has 5 heteroatoms. The van der Waals surface area contributed by atoms with Gasteiger partial charge in [-0.05, 0) is 55.1 Å². The third-order valence-electron chi connectivity index (χ3n) is 6.51. The van der Waals surface area contributed by atoms with Gasteiger partial charge in [-0.15, -0.1) is 0 Å². The number of fused-ring (bicyclic) bond motifs is 1. The summed E-state index contributed by atoms with van der Waals surface area (Å²) < 4.78 is 0. The maximum absolute atomic E-state index is 13.0. The van der Waals surface area contributed by atoms with Crippen LogP contribution in [-0.2, 0) is 11.2 Å². The van der Waals surface area contributed by atoms with Gasteiger partial charge < -0.3 is 10.0 Å². The van der Waals surface area contributed by atoms with E-state index in [0.717, 1.165) is 38.0 Å². The van der Waals surface area contributed by atoms with Gasteiger partial charge in [0.05, 0.1) is 13.0 Å². The highest BCUT2D eigenvalue weighted by Crippen LogP contribution is 2.42. The largest absolute Gasteiger partial charge is 0.395 e. The molecule has 0 spiro atoms. The van der Waals surface area contributed by atoms with Gasteiger partial charge in [0.1, 0.15) is 0 Å². The van der Waals surface area contributed by atoms with E-state index in [4.69, 9.17) is 0 Å². The number of nitrogens with zero attached hydrogens (tertiary/aromatic N) is 3. The van der Waals surface area contributed by atoms with Crippen LogP contribution in [0.2, 0.25) is 0 Å². The summed E-state index contributed by atoms with van der Waals surface area (Å²) in [5.41, 5.74) is 3.45. The second-order valence-corrected chi connectivity index (χ2v) is 8.33. The Kier molecular flexibility index (Phi) is 6.60. The number of aromatic nitrogens is 1. The number of pyridine rings is 1. The zero-order chi connectivity index (χ0) is 20.9. The summed E-state index contributed by atoms with van der Waals surface area (Å²) in [6, 6.07) is 12.9. The summed E-state index contributed by atoms with van der Waals surface area (Å²) in [5.74, 6) is 0.432. The predicted octanol–water partition coefficient (Wildman–Crippen LogP) is 3.11. The van der Waals surface area contributed by atoms with E-state index in [0.29, 0.717) is 6.42 Å². The number of aliphatic hydroxyl groups is 1. The smallest absolute Gasteiger partial charge is 0.227 e. The third-order valence-corrected chi connectivity index (χ3v) is 6.51. The highest BCUT2D eigenvalue weighted by molar-refractivity contribution is 5.78. The molecule has 1 aromatic heterocycles. The molecular weight excluding hydrogens is 374 g/mol. The first-order valence-electron chi connectivity index (χ1n) is 11.0. The van der Waals surface area contributed by atoms with Crippen LogP contribution in [-0.4, -0.2) is 64.1 Å². The molecule has 3 heterocycles. The van der Waals surface area contributed by atoms with E-state index in [1.54, 1.807) is 12.4 Å². The molecule has 0 aliphatic carbocycles. The van der Waals surface area contributed by atoms with E-state index in [-0.39, 0.29) is 30.5 Å². The SMILES string of the molecule is C/C=C/c1ccc([C@@H]2[C@H](CO)N3CCCCN(C(=O)Cc4ccncc4)C[C@@H]23)cc1. The van der Waals surface area contributed by atoms with Crippen molar-refractivity contribution in [1.82, 2.24) is 14.8 Å². The first kappa shape index (κ1) is 20.8. The normalized spacial score (nSPS) is 24.7. The standard InChI is InChI=1S/C25H31N3O2/c1-2-5-19-6-8-21(9-7-19)25-22-17-27(14-3-4-15-28(22)23(25)18-29)24(30)16-20-10-12-26-13-11-20/h2,5-13,22-23,25,29H,3-4,14-18H2,1H3/b5-2+/t22-,23-,25-/m0/s1. The zero-order valence-electron chi connectivity index (χ0n) is 17.7. The van der Waals surface area contributed by atoms with E-state index in [2.05, 4.69) is 40.2 Å². The van der Waals surface area contributed by atoms with Crippen molar-refractivity contribution in [3.05, 3.63) is 71.6 Å². The number of allylic oxidation sites excluding steroid dienone is 1. The molecule has 2 saturated heterocycles. The number of hydrogen-bond acceptors (Lipinski definition) is 4. The van der Waals surface area contributed by atoms with Crippen LogP contribution in [0.4, 0.5) is 0 Å². The van der Waals surface area contributed by atoms with E-state index >= 15 is 0 Å². The lowest BCUT2D eigenvalue weighted by molar-refractivity contribution is -0.135. The zero-order valence-corrected chi connectivity index (χ0v) is 17.7. The summed E-state index contributed by atoms with van der Waals surface area (Å²) in [4.78, 5) is 21.5. The Bertz CT molecular complexity index is 866. The first-order chi connectivity index (χ1) is 14.7. The van der Waals surface area contributed by atoms with Crippen LogP contribution in [0.15, 0.2) is 54.9 Å². The lowest BCUT2D eigenvalue weighted by Gasteiger charge is -2.57. The molecule has 0 saturated carbocycles. The minimum atomic E-state index is 0.137. The van der Waals surface area contributed by atoms with Crippen LogP contribution < -0.4 is 0 Å². The van der Waals surface area contributed by atoms with Gasteiger partial charge in [-0.2, -0.15) is 0 Å². The van der Waals surface area contributed by atoms with E-state index in [9.17, 15) is 9.90 Å². The molecule has 1 N–H and O–H groups in total. The fourth-order valence-corrected chi connectivity index (χ4v) is 4.98. The molecule has 3 atom stereocenters. The summed E-state index contributed by atoms with van der Waals surface area (Å²) in [6.07, 6.45) is 10.1. The molecule has 1 aromatic carbocycles. The van der Waals surface area contributed by atoms with E-state index < -0.39 is 0 Å².